The van der Waals surface area contributed by atoms with Crippen molar-refractivity contribution < 1.29 is 13.5 Å². The molecule has 2 atom stereocenters. The van der Waals surface area contributed by atoms with Gasteiger partial charge in [-0.1, -0.05) is 18.2 Å². The van der Waals surface area contributed by atoms with Crippen molar-refractivity contribution in [1.82, 2.24) is 10.2 Å². The van der Waals surface area contributed by atoms with Gasteiger partial charge in [0.1, 0.15) is 5.75 Å². The van der Waals surface area contributed by atoms with E-state index in [-0.39, 0.29) is 12.4 Å². The van der Waals surface area contributed by atoms with Gasteiger partial charge in [0.25, 0.3) is 0 Å². The maximum Gasteiger partial charge on any atom is 0.387 e. The molecular formula is C15H21ClF2N2O. The highest BCUT2D eigenvalue weighted by Crippen LogP contribution is 2.29. The van der Waals surface area contributed by atoms with Gasteiger partial charge in [0.15, 0.2) is 0 Å². The summed E-state index contributed by atoms with van der Waals surface area (Å²) in [7, 11) is 0. The van der Waals surface area contributed by atoms with Gasteiger partial charge in [-0.2, -0.15) is 8.78 Å². The van der Waals surface area contributed by atoms with Crippen molar-refractivity contribution in [2.45, 2.75) is 19.6 Å². The fraction of sp³-hybridized carbons (Fsp3) is 0.600. The van der Waals surface area contributed by atoms with Crippen molar-refractivity contribution in [2.75, 3.05) is 26.2 Å². The van der Waals surface area contributed by atoms with Crippen LogP contribution >= 0.6 is 12.4 Å². The Morgan fingerprint density at radius 1 is 1.24 bits per heavy atom. The van der Waals surface area contributed by atoms with E-state index in [0.717, 1.165) is 37.7 Å². The Morgan fingerprint density at radius 3 is 2.81 bits per heavy atom. The Hall–Kier alpha value is -0.910. The second kappa shape index (κ2) is 7.38. The summed E-state index contributed by atoms with van der Waals surface area (Å²) in [6.07, 6.45) is 1.19. The first-order valence-electron chi connectivity index (χ1n) is 7.18. The maximum atomic E-state index is 12.4. The van der Waals surface area contributed by atoms with Gasteiger partial charge in [-0.3, -0.25) is 4.90 Å². The van der Waals surface area contributed by atoms with Crippen LogP contribution in [-0.2, 0) is 6.54 Å². The van der Waals surface area contributed by atoms with E-state index in [2.05, 4.69) is 15.0 Å². The van der Waals surface area contributed by atoms with E-state index < -0.39 is 6.61 Å². The molecule has 0 amide bonds. The summed E-state index contributed by atoms with van der Waals surface area (Å²) in [5.74, 6) is 1.79. The number of rotatable bonds is 4. The highest BCUT2D eigenvalue weighted by molar-refractivity contribution is 5.85. The number of halogens is 3. The van der Waals surface area contributed by atoms with Crippen molar-refractivity contribution in [3.05, 3.63) is 29.8 Å². The average molecular weight is 319 g/mol. The lowest BCUT2D eigenvalue weighted by atomic mass is 9.88. The number of alkyl halides is 2. The van der Waals surface area contributed by atoms with Crippen molar-refractivity contribution in [1.29, 1.82) is 0 Å². The van der Waals surface area contributed by atoms with Crippen LogP contribution in [0.2, 0.25) is 0 Å². The molecule has 2 unspecified atom stereocenters. The standard InChI is InChI=1S/C15H20F2N2O.ClH/c16-15(17)20-14-4-2-1-3-12(14)9-19-6-5-11-7-18-8-13(11)10-19;/h1-4,11,13,15,18H,5-10H2;1H. The molecule has 0 aromatic heterocycles. The molecule has 2 aliphatic heterocycles. The first-order valence-corrected chi connectivity index (χ1v) is 7.18. The molecule has 1 aromatic carbocycles. The summed E-state index contributed by atoms with van der Waals surface area (Å²) in [5.41, 5.74) is 0.845. The number of para-hydroxylation sites is 1. The zero-order chi connectivity index (χ0) is 13.9. The third-order valence-electron chi connectivity index (χ3n) is 4.37. The molecule has 2 heterocycles. The highest BCUT2D eigenvalue weighted by atomic mass is 35.5. The topological polar surface area (TPSA) is 24.5 Å². The number of piperidine rings is 1. The summed E-state index contributed by atoms with van der Waals surface area (Å²) in [4.78, 5) is 2.35. The number of nitrogens with one attached hydrogen (secondary N) is 1. The van der Waals surface area contributed by atoms with E-state index in [1.165, 1.54) is 6.42 Å². The average Bonchev–Trinajstić information content (AvgIpc) is 2.88. The van der Waals surface area contributed by atoms with E-state index in [1.54, 1.807) is 12.1 Å². The smallest absolute Gasteiger partial charge is 0.387 e. The van der Waals surface area contributed by atoms with Crippen LogP contribution in [0.3, 0.4) is 0 Å². The molecule has 3 rings (SSSR count). The molecule has 0 radical (unpaired) electrons. The molecule has 6 heteroatoms. The lowest BCUT2D eigenvalue weighted by molar-refractivity contribution is -0.0508. The molecular weight excluding hydrogens is 298 g/mol. The monoisotopic (exact) mass is 318 g/mol. The number of likely N-dealkylation sites (tertiary alicyclic amines) is 1. The molecule has 1 aromatic rings. The Labute approximate surface area is 130 Å². The number of hydrogen-bond donors (Lipinski definition) is 1. The number of nitrogens with zero attached hydrogens (tertiary/aromatic N) is 1. The van der Waals surface area contributed by atoms with Crippen LogP contribution in [0, 0.1) is 11.8 Å². The minimum absolute atomic E-state index is 0. The Bertz CT molecular complexity index is 461. The van der Waals surface area contributed by atoms with Gasteiger partial charge < -0.3 is 10.1 Å². The van der Waals surface area contributed by atoms with Gasteiger partial charge in [0.05, 0.1) is 0 Å². The van der Waals surface area contributed by atoms with E-state index >= 15 is 0 Å². The van der Waals surface area contributed by atoms with Gasteiger partial charge >= 0.3 is 6.61 Å². The molecule has 118 valence electrons. The summed E-state index contributed by atoms with van der Waals surface area (Å²) >= 11 is 0. The van der Waals surface area contributed by atoms with Gasteiger partial charge in [-0.05, 0) is 44.0 Å². The van der Waals surface area contributed by atoms with Crippen molar-refractivity contribution in [3.8, 4) is 5.75 Å². The predicted octanol–water partition coefficient (Wildman–Crippen LogP) is 2.75. The maximum absolute atomic E-state index is 12.4. The van der Waals surface area contributed by atoms with Crippen molar-refractivity contribution in [2.24, 2.45) is 11.8 Å². The highest BCUT2D eigenvalue weighted by Gasteiger charge is 2.32. The Balaban J connectivity index is 0.00000161. The molecule has 2 fully saturated rings. The van der Waals surface area contributed by atoms with Crippen LogP contribution in [0.5, 0.6) is 5.75 Å². The quantitative estimate of drug-likeness (QED) is 0.924. The van der Waals surface area contributed by atoms with Gasteiger partial charge in [0.2, 0.25) is 0 Å². The molecule has 21 heavy (non-hydrogen) atoms. The fourth-order valence-electron chi connectivity index (χ4n) is 3.34. The van der Waals surface area contributed by atoms with Crippen LogP contribution in [0.4, 0.5) is 8.78 Å². The van der Waals surface area contributed by atoms with Crippen LogP contribution in [-0.4, -0.2) is 37.7 Å². The van der Waals surface area contributed by atoms with E-state index in [9.17, 15) is 8.78 Å². The molecule has 1 N–H and O–H groups in total. The molecule has 3 nitrogen and oxygen atoms in total. The van der Waals surface area contributed by atoms with Gasteiger partial charge in [-0.15, -0.1) is 12.4 Å². The molecule has 0 saturated carbocycles. The summed E-state index contributed by atoms with van der Waals surface area (Å²) in [6, 6.07) is 7.09. The van der Waals surface area contributed by atoms with Crippen molar-refractivity contribution in [3.63, 3.8) is 0 Å². The minimum Gasteiger partial charge on any atom is -0.434 e. The molecule has 2 saturated heterocycles. The third-order valence-corrected chi connectivity index (χ3v) is 4.37. The first-order chi connectivity index (χ1) is 9.72. The molecule has 2 aliphatic rings. The SMILES string of the molecule is Cl.FC(F)Oc1ccccc1CN1CCC2CNCC2C1. The second-order valence-corrected chi connectivity index (χ2v) is 5.69. The second-order valence-electron chi connectivity index (χ2n) is 5.69. The van der Waals surface area contributed by atoms with Crippen molar-refractivity contribution >= 4 is 12.4 Å². The minimum atomic E-state index is -2.76. The zero-order valence-corrected chi connectivity index (χ0v) is 12.6. The lowest BCUT2D eigenvalue weighted by Crippen LogP contribution is -2.39. The zero-order valence-electron chi connectivity index (χ0n) is 11.8. The largest absolute Gasteiger partial charge is 0.434 e. The molecule has 0 aliphatic carbocycles. The van der Waals surface area contributed by atoms with E-state index in [4.69, 9.17) is 0 Å². The van der Waals surface area contributed by atoms with Crippen LogP contribution in [0.1, 0.15) is 12.0 Å². The number of hydrogen-bond acceptors (Lipinski definition) is 3. The number of fused-ring (bicyclic) bond motifs is 1. The fourth-order valence-corrected chi connectivity index (χ4v) is 3.34. The molecule has 0 spiro atoms. The Morgan fingerprint density at radius 2 is 2.00 bits per heavy atom. The van der Waals surface area contributed by atoms with Gasteiger partial charge in [0, 0.05) is 18.7 Å². The summed E-state index contributed by atoms with van der Waals surface area (Å²) in [5, 5.41) is 3.44. The van der Waals surface area contributed by atoms with Crippen LogP contribution < -0.4 is 10.1 Å². The summed E-state index contributed by atoms with van der Waals surface area (Å²) in [6.45, 7) is 2.21. The summed E-state index contributed by atoms with van der Waals surface area (Å²) < 4.78 is 29.4. The van der Waals surface area contributed by atoms with Gasteiger partial charge in [-0.25, -0.2) is 0 Å². The first kappa shape index (κ1) is 16.5. The number of benzene rings is 1. The van der Waals surface area contributed by atoms with Crippen LogP contribution in [0.25, 0.3) is 0 Å². The predicted molar refractivity (Wildman–Crippen MR) is 80.1 cm³/mol. The van der Waals surface area contributed by atoms with Crippen LogP contribution in [0.15, 0.2) is 24.3 Å². The number of ether oxygens (including phenoxy) is 1. The van der Waals surface area contributed by atoms with E-state index in [1.807, 2.05) is 12.1 Å². The normalized spacial score (nSPS) is 25.5. The third kappa shape index (κ3) is 4.05. The lowest BCUT2D eigenvalue weighted by Gasteiger charge is -2.34. The molecule has 0 bridgehead atoms. The van der Waals surface area contributed by atoms with E-state index in [0.29, 0.717) is 18.2 Å². The Kier molecular flexibility index (Phi) is 5.79.